The number of nitrogens with two attached hydrogens (primary N) is 1. The van der Waals surface area contributed by atoms with E-state index in [9.17, 15) is 13.2 Å². The minimum Gasteiger partial charge on any atom is -0.397 e. The number of nitrogens with one attached hydrogen (secondary N) is 1. The first kappa shape index (κ1) is 21.9. The number of fused-ring (bicyclic) bond motifs is 1. The number of alkyl halides is 3. The number of para-hydroxylation sites is 2. The van der Waals surface area contributed by atoms with E-state index in [1.54, 1.807) is 0 Å². The van der Waals surface area contributed by atoms with Gasteiger partial charge in [-0.3, -0.25) is 0 Å². The van der Waals surface area contributed by atoms with Gasteiger partial charge in [0.1, 0.15) is 11.6 Å². The van der Waals surface area contributed by atoms with Crippen LogP contribution in [0.4, 0.5) is 36.1 Å². The summed E-state index contributed by atoms with van der Waals surface area (Å²) in [6.07, 6.45) is -2.93. The maximum Gasteiger partial charge on any atom is 0.416 e. The van der Waals surface area contributed by atoms with E-state index in [1.165, 1.54) is 12.1 Å². The predicted molar refractivity (Wildman–Crippen MR) is 121 cm³/mol. The number of halogens is 3. The SMILES string of the molecule is CC(C)c1nc2c(c(Nc3ccc(C(F)(F)F)cc3)n1)CCN(c1ccccc1N)CC2. The highest BCUT2D eigenvalue weighted by Gasteiger charge is 2.30. The molecule has 0 spiro atoms. The molecule has 1 aliphatic rings. The lowest BCUT2D eigenvalue weighted by Crippen LogP contribution is -2.26. The van der Waals surface area contributed by atoms with Crippen molar-refractivity contribution in [1.82, 2.24) is 9.97 Å². The zero-order chi connectivity index (χ0) is 22.9. The number of hydrogen-bond donors (Lipinski definition) is 2. The van der Waals surface area contributed by atoms with Crippen LogP contribution in [-0.2, 0) is 19.0 Å². The largest absolute Gasteiger partial charge is 0.416 e. The summed E-state index contributed by atoms with van der Waals surface area (Å²) in [7, 11) is 0. The van der Waals surface area contributed by atoms with Gasteiger partial charge in [0.25, 0.3) is 0 Å². The van der Waals surface area contributed by atoms with Crippen molar-refractivity contribution in [2.75, 3.05) is 29.0 Å². The fourth-order valence-corrected chi connectivity index (χ4v) is 3.88. The van der Waals surface area contributed by atoms with Crippen LogP contribution in [0.3, 0.4) is 0 Å². The van der Waals surface area contributed by atoms with Gasteiger partial charge in [-0.15, -0.1) is 0 Å². The van der Waals surface area contributed by atoms with Gasteiger partial charge in [-0.05, 0) is 42.8 Å². The minimum atomic E-state index is -4.36. The lowest BCUT2D eigenvalue weighted by atomic mass is 10.1. The van der Waals surface area contributed by atoms with Gasteiger partial charge in [0.2, 0.25) is 0 Å². The van der Waals surface area contributed by atoms with Crippen molar-refractivity contribution >= 4 is 22.9 Å². The molecule has 0 fully saturated rings. The second kappa shape index (κ2) is 8.68. The summed E-state index contributed by atoms with van der Waals surface area (Å²) in [6, 6.07) is 12.8. The zero-order valence-electron chi connectivity index (χ0n) is 18.1. The van der Waals surface area contributed by atoms with E-state index in [0.29, 0.717) is 23.8 Å². The van der Waals surface area contributed by atoms with Crippen LogP contribution in [0.1, 0.15) is 42.4 Å². The second-order valence-corrected chi connectivity index (χ2v) is 8.26. The molecule has 0 aliphatic carbocycles. The van der Waals surface area contributed by atoms with Gasteiger partial charge >= 0.3 is 6.18 Å². The Morgan fingerprint density at radius 1 is 0.969 bits per heavy atom. The lowest BCUT2D eigenvalue weighted by Gasteiger charge is -2.24. The Morgan fingerprint density at radius 3 is 2.31 bits per heavy atom. The van der Waals surface area contributed by atoms with E-state index >= 15 is 0 Å². The van der Waals surface area contributed by atoms with Crippen molar-refractivity contribution in [2.24, 2.45) is 0 Å². The molecule has 0 amide bonds. The second-order valence-electron chi connectivity index (χ2n) is 8.26. The minimum absolute atomic E-state index is 0.123. The molecule has 1 aliphatic heterocycles. The van der Waals surface area contributed by atoms with Crippen LogP contribution in [0.15, 0.2) is 48.5 Å². The molecule has 0 radical (unpaired) electrons. The van der Waals surface area contributed by atoms with Crippen LogP contribution in [0.25, 0.3) is 0 Å². The van der Waals surface area contributed by atoms with Gasteiger partial charge in [-0.25, -0.2) is 9.97 Å². The van der Waals surface area contributed by atoms with E-state index in [-0.39, 0.29) is 5.92 Å². The van der Waals surface area contributed by atoms with Crippen molar-refractivity contribution in [3.8, 4) is 0 Å². The highest BCUT2D eigenvalue weighted by Crippen LogP contribution is 2.32. The van der Waals surface area contributed by atoms with E-state index in [0.717, 1.165) is 54.3 Å². The molecule has 1 aromatic heterocycles. The Hall–Kier alpha value is -3.29. The average molecular weight is 442 g/mol. The fraction of sp³-hybridized carbons (Fsp3) is 0.333. The van der Waals surface area contributed by atoms with Crippen LogP contribution in [0.5, 0.6) is 0 Å². The molecule has 0 bridgehead atoms. The maximum atomic E-state index is 12.9. The van der Waals surface area contributed by atoms with Gasteiger partial charge in [-0.1, -0.05) is 26.0 Å². The molecular weight excluding hydrogens is 415 g/mol. The molecule has 3 N–H and O–H groups in total. The highest BCUT2D eigenvalue weighted by molar-refractivity contribution is 5.68. The van der Waals surface area contributed by atoms with Crippen LogP contribution in [-0.4, -0.2) is 23.1 Å². The van der Waals surface area contributed by atoms with Crippen molar-refractivity contribution in [3.05, 3.63) is 71.2 Å². The lowest BCUT2D eigenvalue weighted by molar-refractivity contribution is -0.137. The molecule has 5 nitrogen and oxygen atoms in total. The molecule has 0 saturated carbocycles. The first-order chi connectivity index (χ1) is 15.2. The Morgan fingerprint density at radius 2 is 1.66 bits per heavy atom. The summed E-state index contributed by atoms with van der Waals surface area (Å²) < 4.78 is 38.7. The Balaban J connectivity index is 1.65. The highest BCUT2D eigenvalue weighted by atomic mass is 19.4. The number of nitrogens with zero attached hydrogens (tertiary/aromatic N) is 3. The summed E-state index contributed by atoms with van der Waals surface area (Å²) in [5, 5.41) is 3.24. The number of nitrogen functional groups attached to an aromatic ring is 1. The Bertz CT molecular complexity index is 1090. The third-order valence-electron chi connectivity index (χ3n) is 5.63. The number of rotatable bonds is 4. The monoisotopic (exact) mass is 441 g/mol. The van der Waals surface area contributed by atoms with Crippen LogP contribution in [0.2, 0.25) is 0 Å². The molecular formula is C24H26F3N5. The smallest absolute Gasteiger partial charge is 0.397 e. The van der Waals surface area contributed by atoms with E-state index in [4.69, 9.17) is 15.7 Å². The number of hydrogen-bond acceptors (Lipinski definition) is 5. The van der Waals surface area contributed by atoms with Gasteiger partial charge in [0.15, 0.2) is 0 Å². The van der Waals surface area contributed by atoms with Gasteiger partial charge in [0, 0.05) is 36.7 Å². The predicted octanol–water partition coefficient (Wildman–Crippen LogP) is 5.55. The third kappa shape index (κ3) is 4.64. The summed E-state index contributed by atoms with van der Waals surface area (Å²) >= 11 is 0. The van der Waals surface area contributed by atoms with E-state index in [2.05, 4.69) is 10.2 Å². The van der Waals surface area contributed by atoms with Gasteiger partial charge in [0.05, 0.1) is 22.6 Å². The Kier molecular flexibility index (Phi) is 5.95. The topological polar surface area (TPSA) is 67.1 Å². The van der Waals surface area contributed by atoms with Crippen LogP contribution >= 0.6 is 0 Å². The molecule has 0 atom stereocenters. The summed E-state index contributed by atoms with van der Waals surface area (Å²) in [5.41, 5.74) is 9.75. The molecule has 0 saturated heterocycles. The molecule has 168 valence electrons. The quantitative estimate of drug-likeness (QED) is 0.520. The van der Waals surface area contributed by atoms with Crippen molar-refractivity contribution in [2.45, 2.75) is 38.8 Å². The number of aromatic nitrogens is 2. The standard InChI is InChI=1S/C24H26F3N5/c1-15(2)22-30-20-12-14-32(21-6-4-3-5-19(21)28)13-11-18(20)23(31-22)29-17-9-7-16(8-10-17)24(25,26)27/h3-10,15H,11-14,28H2,1-2H3,(H,29,30,31). The number of anilines is 4. The summed E-state index contributed by atoms with van der Waals surface area (Å²) in [6.45, 7) is 5.57. The average Bonchev–Trinajstić information content (AvgIpc) is 2.96. The molecule has 2 heterocycles. The van der Waals surface area contributed by atoms with Crippen molar-refractivity contribution < 1.29 is 13.2 Å². The first-order valence-corrected chi connectivity index (χ1v) is 10.7. The van der Waals surface area contributed by atoms with E-state index < -0.39 is 11.7 Å². The molecule has 0 unspecified atom stereocenters. The molecule has 4 rings (SSSR count). The van der Waals surface area contributed by atoms with Crippen LogP contribution in [0, 0.1) is 0 Å². The maximum absolute atomic E-state index is 12.9. The third-order valence-corrected chi connectivity index (χ3v) is 5.63. The molecule has 2 aromatic carbocycles. The normalized spacial score (nSPS) is 14.2. The van der Waals surface area contributed by atoms with Crippen LogP contribution < -0.4 is 16.0 Å². The number of benzene rings is 2. The summed E-state index contributed by atoms with van der Waals surface area (Å²) in [4.78, 5) is 11.8. The van der Waals surface area contributed by atoms with Gasteiger partial charge < -0.3 is 16.0 Å². The fourth-order valence-electron chi connectivity index (χ4n) is 3.88. The van der Waals surface area contributed by atoms with Crippen molar-refractivity contribution in [1.29, 1.82) is 0 Å². The molecule has 8 heteroatoms. The molecule has 32 heavy (non-hydrogen) atoms. The molecule has 3 aromatic rings. The Labute approximate surface area is 185 Å². The van der Waals surface area contributed by atoms with Crippen molar-refractivity contribution in [3.63, 3.8) is 0 Å². The van der Waals surface area contributed by atoms with E-state index in [1.807, 2.05) is 38.1 Å². The van der Waals surface area contributed by atoms with Gasteiger partial charge in [-0.2, -0.15) is 13.2 Å². The summed E-state index contributed by atoms with van der Waals surface area (Å²) in [5.74, 6) is 1.49. The first-order valence-electron chi connectivity index (χ1n) is 10.7. The zero-order valence-corrected chi connectivity index (χ0v) is 18.1.